The molecule has 142 valence electrons. The van der Waals surface area contributed by atoms with E-state index in [0.29, 0.717) is 11.1 Å². The third-order valence-electron chi connectivity index (χ3n) is 3.96. The number of nitrogens with zero attached hydrogens (tertiary/aromatic N) is 2. The van der Waals surface area contributed by atoms with Crippen molar-refractivity contribution in [3.63, 3.8) is 0 Å². The summed E-state index contributed by atoms with van der Waals surface area (Å²) in [5.41, 5.74) is 1.24. The molecule has 0 bridgehead atoms. The first-order chi connectivity index (χ1) is 12.8. The zero-order chi connectivity index (χ0) is 19.6. The van der Waals surface area contributed by atoms with Crippen molar-refractivity contribution >= 4 is 22.8 Å². The van der Waals surface area contributed by atoms with Gasteiger partial charge in [-0.2, -0.15) is 13.2 Å². The van der Waals surface area contributed by atoms with E-state index in [0.717, 1.165) is 4.57 Å². The van der Waals surface area contributed by atoms with Gasteiger partial charge in [-0.25, -0.2) is 14.2 Å². The number of carbonyl (C=O) groups excluding carboxylic acids is 1. The van der Waals surface area contributed by atoms with E-state index in [9.17, 15) is 22.4 Å². The second kappa shape index (κ2) is 7.26. The van der Waals surface area contributed by atoms with Gasteiger partial charge in [0.1, 0.15) is 5.82 Å². The van der Waals surface area contributed by atoms with Crippen molar-refractivity contribution in [2.24, 2.45) is 0 Å². The molecule has 0 saturated carbocycles. The predicted octanol–water partition coefficient (Wildman–Crippen LogP) is 4.32. The maximum absolute atomic E-state index is 13.5. The van der Waals surface area contributed by atoms with Crippen LogP contribution in [0.5, 0.6) is 0 Å². The zero-order valence-electron chi connectivity index (χ0n) is 14.3. The molecule has 0 aliphatic rings. The van der Waals surface area contributed by atoms with Crippen LogP contribution in [0, 0.1) is 12.7 Å². The number of hydrogen-bond acceptors (Lipinski definition) is 2. The molecule has 1 aromatic heterocycles. The number of hydrogen-bond donors (Lipinski definition) is 2. The van der Waals surface area contributed by atoms with Gasteiger partial charge in [0, 0.05) is 18.8 Å². The number of rotatable bonds is 4. The molecule has 0 unspecified atom stereocenters. The monoisotopic (exact) mass is 380 g/mol. The van der Waals surface area contributed by atoms with Gasteiger partial charge in [0.2, 0.25) is 5.82 Å². The minimum absolute atomic E-state index is 0.0659. The Morgan fingerprint density at radius 1 is 1.19 bits per heavy atom. The molecule has 0 atom stereocenters. The summed E-state index contributed by atoms with van der Waals surface area (Å²) in [7, 11) is 0. The molecular formula is C18H16F4N4O. The number of imidazole rings is 1. The van der Waals surface area contributed by atoms with Gasteiger partial charge >= 0.3 is 12.2 Å². The van der Waals surface area contributed by atoms with Gasteiger partial charge in [-0.15, -0.1) is 0 Å². The fourth-order valence-corrected chi connectivity index (χ4v) is 2.65. The number of carbonyl (C=O) groups is 1. The molecule has 2 aromatic carbocycles. The molecule has 2 N–H and O–H groups in total. The van der Waals surface area contributed by atoms with Crippen LogP contribution in [0.25, 0.3) is 11.0 Å². The Balaban J connectivity index is 1.68. The van der Waals surface area contributed by atoms with Crippen molar-refractivity contribution in [1.29, 1.82) is 0 Å². The van der Waals surface area contributed by atoms with Gasteiger partial charge in [-0.1, -0.05) is 18.2 Å². The number of amides is 2. The highest BCUT2D eigenvalue weighted by atomic mass is 19.4. The van der Waals surface area contributed by atoms with Crippen molar-refractivity contribution in [2.75, 3.05) is 11.9 Å². The van der Waals surface area contributed by atoms with Crippen molar-refractivity contribution in [3.8, 4) is 0 Å². The molecule has 9 heteroatoms. The molecule has 0 saturated heterocycles. The van der Waals surface area contributed by atoms with Crippen molar-refractivity contribution in [1.82, 2.24) is 14.9 Å². The van der Waals surface area contributed by atoms with E-state index in [4.69, 9.17) is 0 Å². The lowest BCUT2D eigenvalue weighted by Gasteiger charge is -2.12. The zero-order valence-corrected chi connectivity index (χ0v) is 14.3. The van der Waals surface area contributed by atoms with Gasteiger partial charge < -0.3 is 15.2 Å². The second-order valence-electron chi connectivity index (χ2n) is 5.92. The van der Waals surface area contributed by atoms with Crippen LogP contribution < -0.4 is 10.6 Å². The maximum atomic E-state index is 13.5. The molecule has 3 aromatic rings. The molecule has 5 nitrogen and oxygen atoms in total. The minimum atomic E-state index is -4.61. The SMILES string of the molecule is Cc1ccc(NC(=O)NCCn2c(C(F)(F)F)nc3ccccc32)cc1F. The standard InChI is InChI=1S/C18H16F4N4O/c1-11-6-7-12(10-13(11)19)24-17(27)23-8-9-26-15-5-3-2-4-14(15)25-16(26)18(20,21)22/h2-7,10H,8-9H2,1H3,(H2,23,24,27). The third-order valence-corrected chi connectivity index (χ3v) is 3.96. The topological polar surface area (TPSA) is 59.0 Å². The molecule has 2 amide bonds. The van der Waals surface area contributed by atoms with Crippen LogP contribution >= 0.6 is 0 Å². The number of halogens is 4. The van der Waals surface area contributed by atoms with E-state index in [-0.39, 0.29) is 24.3 Å². The largest absolute Gasteiger partial charge is 0.449 e. The number of fused-ring (bicyclic) bond motifs is 1. The van der Waals surface area contributed by atoms with Crippen LogP contribution in [0.3, 0.4) is 0 Å². The first kappa shape index (κ1) is 18.7. The highest BCUT2D eigenvalue weighted by Crippen LogP contribution is 2.31. The Kier molecular flexibility index (Phi) is 5.02. The number of anilines is 1. The molecular weight excluding hydrogens is 364 g/mol. The van der Waals surface area contributed by atoms with Gasteiger partial charge in [-0.05, 0) is 36.8 Å². The summed E-state index contributed by atoms with van der Waals surface area (Å²) in [5.74, 6) is -1.49. The van der Waals surface area contributed by atoms with Gasteiger partial charge in [-0.3, -0.25) is 0 Å². The fraction of sp³-hybridized carbons (Fsp3) is 0.222. The summed E-state index contributed by atoms with van der Waals surface area (Å²) in [4.78, 5) is 15.5. The normalized spacial score (nSPS) is 11.6. The predicted molar refractivity (Wildman–Crippen MR) is 92.9 cm³/mol. The molecule has 3 rings (SSSR count). The number of aryl methyl sites for hydroxylation is 1. The summed E-state index contributed by atoms with van der Waals surface area (Å²) in [6.45, 7) is 1.40. The van der Waals surface area contributed by atoms with Crippen LogP contribution in [0.15, 0.2) is 42.5 Å². The quantitative estimate of drug-likeness (QED) is 0.662. The number of benzene rings is 2. The number of alkyl halides is 3. The van der Waals surface area contributed by atoms with Gasteiger partial charge in [0.25, 0.3) is 0 Å². The van der Waals surface area contributed by atoms with E-state index in [1.165, 1.54) is 30.3 Å². The lowest BCUT2D eigenvalue weighted by atomic mass is 10.2. The molecule has 1 heterocycles. The minimum Gasteiger partial charge on any atom is -0.336 e. The molecule has 0 aliphatic heterocycles. The Morgan fingerprint density at radius 3 is 2.63 bits per heavy atom. The van der Waals surface area contributed by atoms with E-state index < -0.39 is 23.8 Å². The Labute approximate surface area is 152 Å². The molecule has 0 aliphatic carbocycles. The average Bonchev–Trinajstić information content (AvgIpc) is 2.97. The van der Waals surface area contributed by atoms with Crippen LogP contribution in [-0.2, 0) is 12.7 Å². The molecule has 0 fully saturated rings. The average molecular weight is 380 g/mol. The van der Waals surface area contributed by atoms with Crippen molar-refractivity contribution < 1.29 is 22.4 Å². The fourth-order valence-electron chi connectivity index (χ4n) is 2.65. The van der Waals surface area contributed by atoms with E-state index in [1.807, 2.05) is 0 Å². The van der Waals surface area contributed by atoms with E-state index in [2.05, 4.69) is 15.6 Å². The number of urea groups is 1. The Hall–Kier alpha value is -3.10. The Morgan fingerprint density at radius 2 is 1.93 bits per heavy atom. The summed E-state index contributed by atoms with van der Waals surface area (Å²) >= 11 is 0. The second-order valence-corrected chi connectivity index (χ2v) is 5.92. The van der Waals surface area contributed by atoms with Crippen molar-refractivity contribution in [2.45, 2.75) is 19.6 Å². The first-order valence-electron chi connectivity index (χ1n) is 8.09. The summed E-state index contributed by atoms with van der Waals surface area (Å²) in [6, 6.07) is 9.82. The Bertz CT molecular complexity index is 981. The molecule has 0 radical (unpaired) electrons. The molecule has 0 spiro atoms. The lowest BCUT2D eigenvalue weighted by Crippen LogP contribution is -2.32. The summed E-state index contributed by atoms with van der Waals surface area (Å²) < 4.78 is 54.1. The van der Waals surface area contributed by atoms with Gasteiger partial charge in [0.05, 0.1) is 11.0 Å². The highest BCUT2D eigenvalue weighted by molar-refractivity contribution is 5.89. The maximum Gasteiger partial charge on any atom is 0.449 e. The highest BCUT2D eigenvalue weighted by Gasteiger charge is 2.37. The molecule has 27 heavy (non-hydrogen) atoms. The lowest BCUT2D eigenvalue weighted by molar-refractivity contribution is -0.146. The summed E-state index contributed by atoms with van der Waals surface area (Å²) in [6.07, 6.45) is -4.61. The first-order valence-corrected chi connectivity index (χ1v) is 8.09. The van der Waals surface area contributed by atoms with Gasteiger partial charge in [0.15, 0.2) is 0 Å². The third kappa shape index (κ3) is 4.18. The number of para-hydroxylation sites is 2. The number of aromatic nitrogens is 2. The summed E-state index contributed by atoms with van der Waals surface area (Å²) in [5, 5.41) is 4.89. The van der Waals surface area contributed by atoms with E-state index >= 15 is 0 Å². The van der Waals surface area contributed by atoms with Crippen LogP contribution in [0.2, 0.25) is 0 Å². The smallest absolute Gasteiger partial charge is 0.336 e. The van der Waals surface area contributed by atoms with Crippen molar-refractivity contribution in [3.05, 3.63) is 59.7 Å². The van der Waals surface area contributed by atoms with Crippen LogP contribution in [0.4, 0.5) is 28.0 Å². The van der Waals surface area contributed by atoms with Crippen LogP contribution in [-0.4, -0.2) is 22.1 Å². The number of nitrogens with one attached hydrogen (secondary N) is 2. The van der Waals surface area contributed by atoms with E-state index in [1.54, 1.807) is 19.1 Å². The van der Waals surface area contributed by atoms with Crippen LogP contribution in [0.1, 0.15) is 11.4 Å².